The summed E-state index contributed by atoms with van der Waals surface area (Å²) in [6.45, 7) is 0.836. The van der Waals surface area contributed by atoms with E-state index in [9.17, 15) is 9.90 Å². The van der Waals surface area contributed by atoms with Gasteiger partial charge in [-0.25, -0.2) is 4.79 Å². The van der Waals surface area contributed by atoms with Gasteiger partial charge in [-0.05, 0) is 48.2 Å². The Morgan fingerprint density at radius 2 is 2.15 bits per heavy atom. The molecule has 1 aliphatic heterocycles. The number of nitrogens with zero attached hydrogens (tertiary/aromatic N) is 2. The zero-order chi connectivity index (χ0) is 18.7. The highest BCUT2D eigenvalue weighted by atomic mass is 79.9. The van der Waals surface area contributed by atoms with Crippen LogP contribution in [0.1, 0.15) is 16.7 Å². The maximum absolute atomic E-state index is 11.5. The van der Waals surface area contributed by atoms with Gasteiger partial charge in [-0.3, -0.25) is 9.89 Å². The number of carbonyl (C=O) groups is 1. The molecule has 1 N–H and O–H groups in total. The average molecular weight is 438 g/mol. The molecule has 1 amide bonds. The van der Waals surface area contributed by atoms with Crippen LogP contribution in [-0.4, -0.2) is 42.1 Å². The van der Waals surface area contributed by atoms with Gasteiger partial charge in [0.25, 0.3) is 0 Å². The van der Waals surface area contributed by atoms with E-state index in [0.717, 1.165) is 26.9 Å². The molecular weight excluding hydrogens is 420 g/mol. The number of hydrogen-bond donors (Lipinski definition) is 1. The Bertz CT molecular complexity index is 870. The first kappa shape index (κ1) is 18.7. The van der Waals surface area contributed by atoms with Crippen LogP contribution in [0.25, 0.3) is 0 Å². The Labute approximate surface area is 165 Å². The Kier molecular flexibility index (Phi) is 5.84. The Balaban J connectivity index is 1.92. The van der Waals surface area contributed by atoms with Crippen LogP contribution in [-0.2, 0) is 12.8 Å². The number of ether oxygens (including phenoxy) is 1. The molecule has 2 aromatic carbocycles. The van der Waals surface area contributed by atoms with Crippen molar-refractivity contribution in [2.75, 3.05) is 20.2 Å². The molecule has 5 nitrogen and oxygen atoms in total. The Hall–Kier alpha value is -2.05. The summed E-state index contributed by atoms with van der Waals surface area (Å²) in [5.74, 6) is 1.28. The third-order valence-electron chi connectivity index (χ3n) is 4.32. The molecular formula is C19H18BrClN2O3. The first-order valence-electron chi connectivity index (χ1n) is 8.16. The lowest BCUT2D eigenvalue weighted by Gasteiger charge is -2.18. The monoisotopic (exact) mass is 436 g/mol. The van der Waals surface area contributed by atoms with Gasteiger partial charge < -0.3 is 9.84 Å². The SMILES string of the molecule is COc1ccc(Br)cc1CCc1c(Cl)cccc1C1=NCCN1C(=O)O. The second kappa shape index (κ2) is 8.10. The first-order valence-corrected chi connectivity index (χ1v) is 9.33. The number of aryl methyl sites for hydroxylation is 1. The van der Waals surface area contributed by atoms with Crippen molar-refractivity contribution in [3.8, 4) is 5.75 Å². The molecule has 0 aliphatic carbocycles. The summed E-state index contributed by atoms with van der Waals surface area (Å²) in [6.07, 6.45) is 0.356. The predicted molar refractivity (Wildman–Crippen MR) is 106 cm³/mol. The molecule has 0 atom stereocenters. The number of amides is 1. The topological polar surface area (TPSA) is 62.1 Å². The molecule has 1 aliphatic rings. The van der Waals surface area contributed by atoms with Gasteiger partial charge >= 0.3 is 6.09 Å². The number of halogens is 2. The number of aliphatic imine (C=N–C) groups is 1. The molecule has 0 radical (unpaired) electrons. The minimum Gasteiger partial charge on any atom is -0.496 e. The van der Waals surface area contributed by atoms with Crippen molar-refractivity contribution in [1.82, 2.24) is 4.90 Å². The van der Waals surface area contributed by atoms with E-state index < -0.39 is 6.09 Å². The maximum atomic E-state index is 11.5. The summed E-state index contributed by atoms with van der Waals surface area (Å²) in [7, 11) is 1.64. The summed E-state index contributed by atoms with van der Waals surface area (Å²) in [4.78, 5) is 17.1. The Morgan fingerprint density at radius 1 is 1.35 bits per heavy atom. The summed E-state index contributed by atoms with van der Waals surface area (Å²) in [6, 6.07) is 11.4. The molecule has 0 saturated carbocycles. The number of carboxylic acid groups (broad SMARTS) is 1. The third-order valence-corrected chi connectivity index (χ3v) is 5.17. The summed E-state index contributed by atoms with van der Waals surface area (Å²) >= 11 is 9.93. The second-order valence-electron chi connectivity index (χ2n) is 5.86. The summed E-state index contributed by atoms with van der Waals surface area (Å²) < 4.78 is 6.41. The van der Waals surface area contributed by atoms with Crippen molar-refractivity contribution in [2.24, 2.45) is 4.99 Å². The lowest BCUT2D eigenvalue weighted by molar-refractivity contribution is 0.172. The number of amidine groups is 1. The molecule has 0 fully saturated rings. The van der Waals surface area contributed by atoms with Crippen molar-refractivity contribution in [2.45, 2.75) is 12.8 Å². The first-order chi connectivity index (χ1) is 12.5. The van der Waals surface area contributed by atoms with Crippen molar-refractivity contribution in [1.29, 1.82) is 0 Å². The number of benzene rings is 2. The van der Waals surface area contributed by atoms with E-state index in [-0.39, 0.29) is 0 Å². The molecule has 2 aromatic rings. The molecule has 1 heterocycles. The smallest absolute Gasteiger partial charge is 0.413 e. The molecule has 0 aromatic heterocycles. The van der Waals surface area contributed by atoms with E-state index >= 15 is 0 Å². The zero-order valence-corrected chi connectivity index (χ0v) is 16.5. The van der Waals surface area contributed by atoms with Gasteiger partial charge in [0.05, 0.1) is 20.2 Å². The Morgan fingerprint density at radius 3 is 2.88 bits per heavy atom. The molecule has 0 bridgehead atoms. The van der Waals surface area contributed by atoms with E-state index in [1.165, 1.54) is 4.90 Å². The molecule has 0 saturated heterocycles. The van der Waals surface area contributed by atoms with Crippen molar-refractivity contribution >= 4 is 39.5 Å². The maximum Gasteiger partial charge on any atom is 0.413 e. The molecule has 0 unspecified atom stereocenters. The largest absolute Gasteiger partial charge is 0.496 e. The fraction of sp³-hybridized carbons (Fsp3) is 0.263. The highest BCUT2D eigenvalue weighted by Gasteiger charge is 2.26. The number of rotatable bonds is 5. The quantitative estimate of drug-likeness (QED) is 0.741. The van der Waals surface area contributed by atoms with E-state index in [0.29, 0.717) is 36.8 Å². The standard InChI is InChI=1S/C19H18BrClN2O3/c1-26-17-8-6-13(20)11-12(17)5-7-14-15(3-2-4-16(14)21)18-22-9-10-23(18)19(24)25/h2-4,6,8,11H,5,7,9-10H2,1H3,(H,24,25). The number of hydrogen-bond acceptors (Lipinski definition) is 3. The minimum atomic E-state index is -0.999. The van der Waals surface area contributed by atoms with Gasteiger partial charge in [0.1, 0.15) is 11.6 Å². The van der Waals surface area contributed by atoms with Crippen LogP contribution in [0.4, 0.5) is 4.79 Å². The highest BCUT2D eigenvalue weighted by Crippen LogP contribution is 2.28. The lowest BCUT2D eigenvalue weighted by Crippen LogP contribution is -2.34. The van der Waals surface area contributed by atoms with Gasteiger partial charge in [0, 0.05) is 15.1 Å². The normalized spacial score (nSPS) is 13.7. The zero-order valence-electron chi connectivity index (χ0n) is 14.2. The molecule has 7 heteroatoms. The van der Waals surface area contributed by atoms with Crippen LogP contribution in [0.5, 0.6) is 5.75 Å². The van der Waals surface area contributed by atoms with Crippen LogP contribution in [0.3, 0.4) is 0 Å². The van der Waals surface area contributed by atoms with Gasteiger partial charge in [-0.2, -0.15) is 0 Å². The summed E-state index contributed by atoms with van der Waals surface area (Å²) in [5, 5.41) is 10.0. The van der Waals surface area contributed by atoms with E-state index in [2.05, 4.69) is 20.9 Å². The van der Waals surface area contributed by atoms with Crippen LogP contribution in [0, 0.1) is 0 Å². The van der Waals surface area contributed by atoms with E-state index in [1.54, 1.807) is 7.11 Å². The van der Waals surface area contributed by atoms with Crippen LogP contribution < -0.4 is 4.74 Å². The predicted octanol–water partition coefficient (Wildman–Crippen LogP) is 4.64. The van der Waals surface area contributed by atoms with Crippen molar-refractivity contribution < 1.29 is 14.6 Å². The van der Waals surface area contributed by atoms with Crippen molar-refractivity contribution in [3.63, 3.8) is 0 Å². The highest BCUT2D eigenvalue weighted by molar-refractivity contribution is 9.10. The summed E-state index contributed by atoms with van der Waals surface area (Å²) in [5.41, 5.74) is 2.71. The van der Waals surface area contributed by atoms with Gasteiger partial charge in [0.15, 0.2) is 0 Å². The average Bonchev–Trinajstić information content (AvgIpc) is 3.10. The van der Waals surface area contributed by atoms with Crippen LogP contribution in [0.15, 0.2) is 45.9 Å². The lowest BCUT2D eigenvalue weighted by atomic mass is 9.98. The third kappa shape index (κ3) is 3.86. The van der Waals surface area contributed by atoms with Gasteiger partial charge in [0.2, 0.25) is 0 Å². The number of methoxy groups -OCH3 is 1. The minimum absolute atomic E-state index is 0.371. The van der Waals surface area contributed by atoms with E-state index in [1.807, 2.05) is 36.4 Å². The van der Waals surface area contributed by atoms with E-state index in [4.69, 9.17) is 16.3 Å². The molecule has 3 rings (SSSR count). The second-order valence-corrected chi connectivity index (χ2v) is 7.18. The molecule has 136 valence electrons. The molecule has 26 heavy (non-hydrogen) atoms. The van der Waals surface area contributed by atoms with Gasteiger partial charge in [-0.15, -0.1) is 0 Å². The fourth-order valence-corrected chi connectivity index (χ4v) is 3.77. The van der Waals surface area contributed by atoms with Crippen LogP contribution in [0.2, 0.25) is 5.02 Å². The van der Waals surface area contributed by atoms with Crippen LogP contribution >= 0.6 is 27.5 Å². The molecule has 0 spiro atoms. The van der Waals surface area contributed by atoms with Crippen molar-refractivity contribution in [3.05, 3.63) is 62.6 Å². The fourth-order valence-electron chi connectivity index (χ4n) is 3.09. The van der Waals surface area contributed by atoms with Gasteiger partial charge in [-0.1, -0.05) is 39.7 Å².